The summed E-state index contributed by atoms with van der Waals surface area (Å²) in [6.45, 7) is 2.01. The Morgan fingerprint density at radius 1 is 1.35 bits per heavy atom. The number of halogens is 1. The minimum absolute atomic E-state index is 0.0555. The van der Waals surface area contributed by atoms with Crippen molar-refractivity contribution in [2.45, 2.75) is 18.2 Å². The van der Waals surface area contributed by atoms with Gasteiger partial charge in [0.2, 0.25) is 5.91 Å². The van der Waals surface area contributed by atoms with E-state index in [1.54, 1.807) is 26.1 Å². The fourth-order valence-electron chi connectivity index (χ4n) is 1.57. The van der Waals surface area contributed by atoms with Crippen LogP contribution in [0.3, 0.4) is 0 Å². The molecule has 1 aromatic rings. The van der Waals surface area contributed by atoms with Crippen molar-refractivity contribution in [2.75, 3.05) is 19.3 Å². The van der Waals surface area contributed by atoms with E-state index in [0.717, 1.165) is 4.90 Å². The fraction of sp³-hybridized carbons (Fsp3) is 0.429. The molecule has 4 nitrogen and oxygen atoms in total. The van der Waals surface area contributed by atoms with Crippen LogP contribution < -0.4 is 0 Å². The van der Waals surface area contributed by atoms with E-state index in [0.29, 0.717) is 5.75 Å². The number of carboxylic acid groups (broad SMARTS) is 1. The van der Waals surface area contributed by atoms with Gasteiger partial charge in [0.15, 0.2) is 0 Å². The second-order valence-electron chi connectivity index (χ2n) is 4.57. The number of hydrogen-bond acceptors (Lipinski definition) is 3. The van der Waals surface area contributed by atoms with Crippen LogP contribution in [0.4, 0.5) is 4.39 Å². The Morgan fingerprint density at radius 3 is 2.50 bits per heavy atom. The van der Waals surface area contributed by atoms with Gasteiger partial charge in [-0.15, -0.1) is 11.8 Å². The van der Waals surface area contributed by atoms with Gasteiger partial charge in [0.1, 0.15) is 5.82 Å². The largest absolute Gasteiger partial charge is 0.481 e. The molecule has 6 heteroatoms. The van der Waals surface area contributed by atoms with Gasteiger partial charge in [0.25, 0.3) is 0 Å². The highest BCUT2D eigenvalue weighted by Crippen LogP contribution is 2.21. The summed E-state index contributed by atoms with van der Waals surface area (Å²) >= 11 is 1.48. The quantitative estimate of drug-likeness (QED) is 0.786. The third kappa shape index (κ3) is 5.61. The molecule has 0 heterocycles. The van der Waals surface area contributed by atoms with Crippen molar-refractivity contribution < 1.29 is 19.1 Å². The van der Waals surface area contributed by atoms with E-state index in [1.165, 1.54) is 28.8 Å². The predicted molar refractivity (Wildman–Crippen MR) is 76.2 cm³/mol. The summed E-state index contributed by atoms with van der Waals surface area (Å²) in [5, 5.41) is 8.58. The van der Waals surface area contributed by atoms with Gasteiger partial charge in [-0.05, 0) is 24.3 Å². The van der Waals surface area contributed by atoms with E-state index in [-0.39, 0.29) is 30.6 Å². The number of aliphatic carboxylic acids is 1. The first-order valence-corrected chi connectivity index (χ1v) is 7.24. The van der Waals surface area contributed by atoms with Crippen molar-refractivity contribution in [1.82, 2.24) is 4.90 Å². The highest BCUT2D eigenvalue weighted by atomic mass is 32.2. The van der Waals surface area contributed by atoms with Crippen molar-refractivity contribution in [3.05, 3.63) is 30.1 Å². The predicted octanol–water partition coefficient (Wildman–Crippen LogP) is 2.49. The van der Waals surface area contributed by atoms with E-state index in [9.17, 15) is 14.0 Å². The highest BCUT2D eigenvalue weighted by Gasteiger charge is 2.18. The lowest BCUT2D eigenvalue weighted by molar-refractivity contribution is -0.138. The van der Waals surface area contributed by atoms with Gasteiger partial charge in [-0.2, -0.15) is 0 Å². The molecule has 0 aromatic heterocycles. The molecule has 0 aliphatic heterocycles. The third-order valence-corrected chi connectivity index (χ3v) is 4.04. The molecule has 1 unspecified atom stereocenters. The van der Waals surface area contributed by atoms with Gasteiger partial charge in [-0.25, -0.2) is 4.39 Å². The first-order valence-electron chi connectivity index (χ1n) is 6.25. The van der Waals surface area contributed by atoms with Crippen LogP contribution in [0.2, 0.25) is 0 Å². The molecule has 20 heavy (non-hydrogen) atoms. The van der Waals surface area contributed by atoms with Crippen LogP contribution in [-0.4, -0.2) is 41.2 Å². The van der Waals surface area contributed by atoms with Crippen LogP contribution in [0.25, 0.3) is 0 Å². The average molecular weight is 299 g/mol. The molecule has 1 atom stereocenters. The Balaban J connectivity index is 2.41. The standard InChI is InChI=1S/C14H18FNO3S/c1-10(14(19)16(2)8-7-13(17)18)9-20-12-5-3-11(15)4-6-12/h3-6,10H,7-9H2,1-2H3,(H,17,18). The molecule has 0 radical (unpaired) electrons. The van der Waals surface area contributed by atoms with Gasteiger partial charge >= 0.3 is 5.97 Å². The van der Waals surface area contributed by atoms with Crippen molar-refractivity contribution in [1.29, 1.82) is 0 Å². The summed E-state index contributed by atoms with van der Waals surface area (Å²) in [6, 6.07) is 6.11. The second kappa shape index (κ2) is 7.89. The molecule has 110 valence electrons. The van der Waals surface area contributed by atoms with Gasteiger partial charge in [0, 0.05) is 30.2 Å². The number of carbonyl (C=O) groups is 2. The highest BCUT2D eigenvalue weighted by molar-refractivity contribution is 7.99. The zero-order chi connectivity index (χ0) is 15.1. The minimum atomic E-state index is -0.919. The summed E-state index contributed by atoms with van der Waals surface area (Å²) in [6.07, 6.45) is -0.0555. The maximum atomic E-state index is 12.8. The molecule has 0 saturated carbocycles. The SMILES string of the molecule is CC(CSc1ccc(F)cc1)C(=O)N(C)CCC(=O)O. The van der Waals surface area contributed by atoms with Gasteiger partial charge in [0.05, 0.1) is 6.42 Å². The first-order chi connectivity index (χ1) is 9.40. The van der Waals surface area contributed by atoms with E-state index >= 15 is 0 Å². The van der Waals surface area contributed by atoms with Crippen molar-refractivity contribution in [3.8, 4) is 0 Å². The molecule has 0 spiro atoms. The number of hydrogen-bond donors (Lipinski definition) is 1. The lowest BCUT2D eigenvalue weighted by Crippen LogP contribution is -2.34. The van der Waals surface area contributed by atoms with E-state index in [1.807, 2.05) is 0 Å². The normalized spacial score (nSPS) is 11.9. The molecule has 0 aliphatic carbocycles. The molecule has 0 bridgehead atoms. The number of amides is 1. The Bertz CT molecular complexity index is 464. The zero-order valence-electron chi connectivity index (χ0n) is 11.5. The maximum Gasteiger partial charge on any atom is 0.305 e. The molecule has 1 N–H and O–H groups in total. The average Bonchev–Trinajstić information content (AvgIpc) is 2.42. The molecule has 0 fully saturated rings. The molecule has 1 amide bonds. The van der Waals surface area contributed by atoms with Crippen molar-refractivity contribution in [3.63, 3.8) is 0 Å². The fourth-order valence-corrected chi connectivity index (χ4v) is 2.49. The summed E-state index contributed by atoms with van der Waals surface area (Å²) < 4.78 is 12.8. The summed E-state index contributed by atoms with van der Waals surface area (Å²) in [7, 11) is 1.60. The zero-order valence-corrected chi connectivity index (χ0v) is 12.3. The van der Waals surface area contributed by atoms with Crippen LogP contribution in [0.1, 0.15) is 13.3 Å². The van der Waals surface area contributed by atoms with Crippen LogP contribution in [0.15, 0.2) is 29.2 Å². The smallest absolute Gasteiger partial charge is 0.305 e. The van der Waals surface area contributed by atoms with Gasteiger partial charge in [-0.3, -0.25) is 9.59 Å². The Morgan fingerprint density at radius 2 is 1.95 bits per heavy atom. The minimum Gasteiger partial charge on any atom is -0.481 e. The molecule has 0 aliphatic rings. The van der Waals surface area contributed by atoms with Crippen molar-refractivity contribution in [2.24, 2.45) is 5.92 Å². The van der Waals surface area contributed by atoms with E-state index in [2.05, 4.69) is 0 Å². The third-order valence-electron chi connectivity index (χ3n) is 2.77. The second-order valence-corrected chi connectivity index (χ2v) is 5.66. The number of benzene rings is 1. The van der Waals surface area contributed by atoms with Gasteiger partial charge < -0.3 is 10.0 Å². The molecule has 0 saturated heterocycles. The lowest BCUT2D eigenvalue weighted by atomic mass is 10.2. The molecular weight excluding hydrogens is 281 g/mol. The lowest BCUT2D eigenvalue weighted by Gasteiger charge is -2.20. The van der Waals surface area contributed by atoms with E-state index in [4.69, 9.17) is 5.11 Å². The van der Waals surface area contributed by atoms with Crippen LogP contribution >= 0.6 is 11.8 Å². The number of thioether (sulfide) groups is 1. The maximum absolute atomic E-state index is 12.8. The number of carboxylic acids is 1. The summed E-state index contributed by atoms with van der Waals surface area (Å²) in [5.41, 5.74) is 0. The number of nitrogens with zero attached hydrogens (tertiary/aromatic N) is 1. The van der Waals surface area contributed by atoms with Crippen LogP contribution in [0.5, 0.6) is 0 Å². The number of carbonyl (C=O) groups excluding carboxylic acids is 1. The molecular formula is C14H18FNO3S. The summed E-state index contributed by atoms with van der Waals surface area (Å²) in [5.74, 6) is -0.934. The van der Waals surface area contributed by atoms with E-state index < -0.39 is 5.97 Å². The van der Waals surface area contributed by atoms with Gasteiger partial charge in [-0.1, -0.05) is 6.92 Å². The van der Waals surface area contributed by atoms with Crippen LogP contribution in [0, 0.1) is 11.7 Å². The van der Waals surface area contributed by atoms with Crippen LogP contribution in [-0.2, 0) is 9.59 Å². The Kier molecular flexibility index (Phi) is 6.51. The Labute approximate surface area is 122 Å². The Hall–Kier alpha value is -1.56. The molecule has 1 aromatic carbocycles. The first kappa shape index (κ1) is 16.5. The monoisotopic (exact) mass is 299 g/mol. The van der Waals surface area contributed by atoms with Crippen molar-refractivity contribution >= 4 is 23.6 Å². The topological polar surface area (TPSA) is 57.6 Å². The number of rotatable bonds is 7. The summed E-state index contributed by atoms with van der Waals surface area (Å²) in [4.78, 5) is 24.8. The molecule has 1 rings (SSSR count).